The molecule has 0 aliphatic carbocycles. The van der Waals surface area contributed by atoms with Gasteiger partial charge in [0.1, 0.15) is 5.75 Å². The van der Waals surface area contributed by atoms with Gasteiger partial charge in [0.05, 0.1) is 19.8 Å². The van der Waals surface area contributed by atoms with E-state index in [0.717, 1.165) is 56.3 Å². The Morgan fingerprint density at radius 1 is 0.424 bits per heavy atom. The van der Waals surface area contributed by atoms with Crippen molar-refractivity contribution in [3.8, 4) is 17.2 Å². The summed E-state index contributed by atoms with van der Waals surface area (Å²) in [5.74, 6) is 2.60. The third-order valence-corrected chi connectivity index (χ3v) is 6.19. The Morgan fingerprint density at radius 3 is 1.30 bits per heavy atom. The summed E-state index contributed by atoms with van der Waals surface area (Å²) in [7, 11) is 0. The maximum Gasteiger partial charge on any atom is 0.164 e. The SMILES string of the molecule is CCCCCCCCOc1ccc(OCCCCCCCC)c(OCCCCCCCC)c1. The molecular weight excluding hydrogens is 408 g/mol. The van der Waals surface area contributed by atoms with E-state index in [0.29, 0.717) is 0 Å². The van der Waals surface area contributed by atoms with Gasteiger partial charge < -0.3 is 14.2 Å². The summed E-state index contributed by atoms with van der Waals surface area (Å²) in [4.78, 5) is 0. The van der Waals surface area contributed by atoms with E-state index in [4.69, 9.17) is 14.2 Å². The molecule has 192 valence electrons. The first-order chi connectivity index (χ1) is 16.3. The van der Waals surface area contributed by atoms with Gasteiger partial charge in [-0.25, -0.2) is 0 Å². The smallest absolute Gasteiger partial charge is 0.164 e. The van der Waals surface area contributed by atoms with E-state index in [1.54, 1.807) is 0 Å². The van der Waals surface area contributed by atoms with Crippen LogP contribution in [0.3, 0.4) is 0 Å². The summed E-state index contributed by atoms with van der Waals surface area (Å²) in [6.07, 6.45) is 22.9. The third kappa shape index (κ3) is 16.8. The fraction of sp³-hybridized carbons (Fsp3) is 0.800. The van der Waals surface area contributed by atoms with Crippen LogP contribution in [0.2, 0.25) is 0 Å². The lowest BCUT2D eigenvalue weighted by Gasteiger charge is -2.15. The molecule has 0 bridgehead atoms. The topological polar surface area (TPSA) is 27.7 Å². The zero-order chi connectivity index (χ0) is 23.8. The fourth-order valence-corrected chi connectivity index (χ4v) is 4.01. The molecule has 3 nitrogen and oxygen atoms in total. The first-order valence-corrected chi connectivity index (χ1v) is 14.3. The summed E-state index contributed by atoms with van der Waals surface area (Å²) in [6, 6.07) is 6.10. The molecule has 3 heteroatoms. The van der Waals surface area contributed by atoms with E-state index in [9.17, 15) is 0 Å². The number of unbranched alkanes of at least 4 members (excludes halogenated alkanes) is 15. The highest BCUT2D eigenvalue weighted by atomic mass is 16.5. The lowest BCUT2D eigenvalue weighted by atomic mass is 10.1. The average molecular weight is 463 g/mol. The Balaban J connectivity index is 2.44. The van der Waals surface area contributed by atoms with Crippen molar-refractivity contribution in [3.63, 3.8) is 0 Å². The summed E-state index contributed by atoms with van der Waals surface area (Å²) in [6.45, 7) is 9.07. The van der Waals surface area contributed by atoms with E-state index < -0.39 is 0 Å². The largest absolute Gasteiger partial charge is 0.493 e. The Morgan fingerprint density at radius 2 is 0.818 bits per heavy atom. The minimum Gasteiger partial charge on any atom is -0.493 e. The van der Waals surface area contributed by atoms with Crippen molar-refractivity contribution in [2.24, 2.45) is 0 Å². The molecule has 0 N–H and O–H groups in total. The maximum absolute atomic E-state index is 6.16. The van der Waals surface area contributed by atoms with Gasteiger partial charge in [-0.2, -0.15) is 0 Å². The Hall–Kier alpha value is -1.38. The molecule has 0 amide bonds. The molecule has 1 aromatic rings. The second-order valence-corrected chi connectivity index (χ2v) is 9.46. The first kappa shape index (κ1) is 29.7. The zero-order valence-electron chi connectivity index (χ0n) is 22.3. The van der Waals surface area contributed by atoms with Crippen LogP contribution in [0.15, 0.2) is 18.2 Å². The van der Waals surface area contributed by atoms with E-state index >= 15 is 0 Å². The predicted octanol–water partition coefficient (Wildman–Crippen LogP) is 9.90. The summed E-state index contributed by atoms with van der Waals surface area (Å²) >= 11 is 0. The van der Waals surface area contributed by atoms with Crippen LogP contribution in [0, 0.1) is 0 Å². The van der Waals surface area contributed by atoms with E-state index in [2.05, 4.69) is 20.8 Å². The van der Waals surface area contributed by atoms with Crippen LogP contribution in [-0.2, 0) is 0 Å². The second-order valence-electron chi connectivity index (χ2n) is 9.46. The molecule has 0 fully saturated rings. The Bertz CT molecular complexity index is 543. The van der Waals surface area contributed by atoms with Gasteiger partial charge >= 0.3 is 0 Å². The molecular formula is C30H54O3. The molecule has 0 saturated heterocycles. The van der Waals surface area contributed by atoms with Gasteiger partial charge in [-0.1, -0.05) is 117 Å². The van der Waals surface area contributed by atoms with Crippen molar-refractivity contribution in [2.75, 3.05) is 19.8 Å². The third-order valence-electron chi connectivity index (χ3n) is 6.19. The van der Waals surface area contributed by atoms with Crippen molar-refractivity contribution in [1.82, 2.24) is 0 Å². The molecule has 0 spiro atoms. The highest BCUT2D eigenvalue weighted by molar-refractivity contribution is 5.45. The van der Waals surface area contributed by atoms with Crippen LogP contribution in [0.5, 0.6) is 17.2 Å². The molecule has 0 unspecified atom stereocenters. The second kappa shape index (κ2) is 22.4. The van der Waals surface area contributed by atoms with Crippen LogP contribution in [0.25, 0.3) is 0 Å². The number of rotatable bonds is 24. The van der Waals surface area contributed by atoms with Crippen molar-refractivity contribution in [2.45, 2.75) is 136 Å². The van der Waals surface area contributed by atoms with Gasteiger partial charge in [0.2, 0.25) is 0 Å². The monoisotopic (exact) mass is 462 g/mol. The van der Waals surface area contributed by atoms with Crippen molar-refractivity contribution >= 4 is 0 Å². The molecule has 0 aliphatic heterocycles. The number of ether oxygens (including phenoxy) is 3. The minimum absolute atomic E-state index is 0.750. The van der Waals surface area contributed by atoms with E-state index in [1.807, 2.05) is 18.2 Å². The molecule has 0 aliphatic rings. The fourth-order valence-electron chi connectivity index (χ4n) is 4.01. The van der Waals surface area contributed by atoms with Crippen LogP contribution in [0.1, 0.15) is 136 Å². The van der Waals surface area contributed by atoms with Gasteiger partial charge in [0.25, 0.3) is 0 Å². The Labute approximate surface area is 206 Å². The molecule has 0 atom stereocenters. The average Bonchev–Trinajstić information content (AvgIpc) is 2.83. The van der Waals surface area contributed by atoms with Crippen molar-refractivity contribution in [3.05, 3.63) is 18.2 Å². The van der Waals surface area contributed by atoms with Gasteiger partial charge in [-0.15, -0.1) is 0 Å². The van der Waals surface area contributed by atoms with Gasteiger partial charge in [0, 0.05) is 6.07 Å². The van der Waals surface area contributed by atoms with E-state index in [1.165, 1.54) is 96.3 Å². The normalized spacial score (nSPS) is 11.0. The van der Waals surface area contributed by atoms with Crippen LogP contribution in [-0.4, -0.2) is 19.8 Å². The molecule has 0 aromatic heterocycles. The lowest BCUT2D eigenvalue weighted by molar-refractivity contribution is 0.254. The van der Waals surface area contributed by atoms with Crippen LogP contribution >= 0.6 is 0 Å². The lowest BCUT2D eigenvalue weighted by Crippen LogP contribution is -2.04. The number of benzene rings is 1. The summed E-state index contributed by atoms with van der Waals surface area (Å²) < 4.78 is 18.3. The highest BCUT2D eigenvalue weighted by Crippen LogP contribution is 2.32. The number of hydrogen-bond donors (Lipinski definition) is 0. The molecule has 0 saturated carbocycles. The van der Waals surface area contributed by atoms with Crippen LogP contribution < -0.4 is 14.2 Å². The highest BCUT2D eigenvalue weighted by Gasteiger charge is 2.08. The number of hydrogen-bond acceptors (Lipinski definition) is 3. The van der Waals surface area contributed by atoms with Gasteiger partial charge in [-0.05, 0) is 31.4 Å². The first-order valence-electron chi connectivity index (χ1n) is 14.3. The minimum atomic E-state index is 0.750. The molecule has 33 heavy (non-hydrogen) atoms. The molecule has 1 rings (SSSR count). The van der Waals surface area contributed by atoms with Gasteiger partial charge in [0.15, 0.2) is 11.5 Å². The van der Waals surface area contributed by atoms with Crippen molar-refractivity contribution < 1.29 is 14.2 Å². The van der Waals surface area contributed by atoms with E-state index in [-0.39, 0.29) is 0 Å². The Kier molecular flexibility index (Phi) is 20.1. The summed E-state index contributed by atoms with van der Waals surface area (Å²) in [5, 5.41) is 0. The van der Waals surface area contributed by atoms with Gasteiger partial charge in [-0.3, -0.25) is 0 Å². The molecule has 0 radical (unpaired) electrons. The molecule has 0 heterocycles. The predicted molar refractivity (Wildman–Crippen MR) is 143 cm³/mol. The quantitative estimate of drug-likeness (QED) is 0.143. The standard InChI is InChI=1S/C30H54O3/c1-4-7-10-13-16-19-24-31-28-22-23-29(32-25-20-17-14-11-8-5-2)30(27-28)33-26-21-18-15-12-9-6-3/h22-23,27H,4-21,24-26H2,1-3H3. The van der Waals surface area contributed by atoms with Crippen LogP contribution in [0.4, 0.5) is 0 Å². The maximum atomic E-state index is 6.16. The summed E-state index contributed by atoms with van der Waals surface area (Å²) in [5.41, 5.74) is 0. The molecule has 1 aromatic carbocycles. The van der Waals surface area contributed by atoms with Crippen molar-refractivity contribution in [1.29, 1.82) is 0 Å². The zero-order valence-corrected chi connectivity index (χ0v) is 22.3.